The highest BCUT2D eigenvalue weighted by Gasteiger charge is 2.28. The monoisotopic (exact) mass is 166 g/mol. The summed E-state index contributed by atoms with van der Waals surface area (Å²) in [6.45, 7) is 10.4. The van der Waals surface area contributed by atoms with Crippen LogP contribution in [0, 0.1) is 17.2 Å². The van der Waals surface area contributed by atoms with Gasteiger partial charge in [0.2, 0.25) is 0 Å². The second-order valence-electron chi connectivity index (χ2n) is 3.29. The first-order valence-corrected chi connectivity index (χ1v) is 4.38. The maximum absolute atomic E-state index is 8.97. The van der Waals surface area contributed by atoms with Crippen molar-refractivity contribution < 1.29 is 0 Å². The minimum atomic E-state index is -0.414. The molecule has 2 unspecified atom stereocenters. The van der Waals surface area contributed by atoms with Crippen LogP contribution in [0.1, 0.15) is 27.2 Å². The average molecular weight is 166 g/mol. The molecule has 0 saturated carbocycles. The zero-order valence-corrected chi connectivity index (χ0v) is 8.22. The number of nitrogens with one attached hydrogen (secondary N) is 1. The summed E-state index contributed by atoms with van der Waals surface area (Å²) in [6.07, 6.45) is 2.78. The Morgan fingerprint density at radius 2 is 2.33 bits per heavy atom. The first kappa shape index (κ1) is 11.2. The molecule has 0 aliphatic rings. The molecule has 0 saturated heterocycles. The fourth-order valence-electron chi connectivity index (χ4n) is 1.02. The maximum Gasteiger partial charge on any atom is 0.106 e. The molecule has 0 fully saturated rings. The van der Waals surface area contributed by atoms with Crippen LogP contribution in [0.4, 0.5) is 0 Å². The highest BCUT2D eigenvalue weighted by molar-refractivity contribution is 5.07. The normalized spacial score (nSPS) is 17.5. The molecule has 0 aromatic rings. The molecule has 2 nitrogen and oxygen atoms in total. The summed E-state index contributed by atoms with van der Waals surface area (Å²) in [5.41, 5.74) is -0.414. The lowest BCUT2D eigenvalue weighted by molar-refractivity contribution is 0.320. The third kappa shape index (κ3) is 2.67. The van der Waals surface area contributed by atoms with E-state index in [1.54, 1.807) is 6.08 Å². The van der Waals surface area contributed by atoms with Crippen molar-refractivity contribution in [3.8, 4) is 6.07 Å². The van der Waals surface area contributed by atoms with Crippen LogP contribution in [0.5, 0.6) is 0 Å². The van der Waals surface area contributed by atoms with Crippen LogP contribution >= 0.6 is 0 Å². The van der Waals surface area contributed by atoms with Gasteiger partial charge in [-0.15, -0.1) is 6.58 Å². The first-order valence-electron chi connectivity index (χ1n) is 4.38. The van der Waals surface area contributed by atoms with Crippen LogP contribution in [0.15, 0.2) is 12.7 Å². The van der Waals surface area contributed by atoms with Gasteiger partial charge in [-0.25, -0.2) is 0 Å². The van der Waals surface area contributed by atoms with Crippen molar-refractivity contribution in [1.82, 2.24) is 5.32 Å². The molecule has 0 aromatic heterocycles. The molecule has 0 rings (SSSR count). The van der Waals surface area contributed by atoms with E-state index < -0.39 is 5.54 Å². The van der Waals surface area contributed by atoms with Gasteiger partial charge in [0.05, 0.1) is 6.07 Å². The Labute approximate surface area is 75.3 Å². The third-order valence-electron chi connectivity index (χ3n) is 2.44. The number of hydrogen-bond acceptors (Lipinski definition) is 2. The second-order valence-corrected chi connectivity index (χ2v) is 3.29. The van der Waals surface area contributed by atoms with Gasteiger partial charge in [0.1, 0.15) is 5.54 Å². The van der Waals surface area contributed by atoms with Gasteiger partial charge in [-0.05, 0) is 12.8 Å². The van der Waals surface area contributed by atoms with Crippen LogP contribution < -0.4 is 5.32 Å². The predicted molar refractivity (Wildman–Crippen MR) is 51.7 cm³/mol. The summed E-state index contributed by atoms with van der Waals surface area (Å²) in [4.78, 5) is 0. The van der Waals surface area contributed by atoms with Gasteiger partial charge in [-0.3, -0.25) is 5.32 Å². The summed E-state index contributed by atoms with van der Waals surface area (Å²) in [7, 11) is 0. The SMILES string of the molecule is C=CCNC(C)(C#N)C(C)CC. The first-order chi connectivity index (χ1) is 5.60. The van der Waals surface area contributed by atoms with Crippen molar-refractivity contribution >= 4 is 0 Å². The van der Waals surface area contributed by atoms with E-state index >= 15 is 0 Å². The van der Waals surface area contributed by atoms with Gasteiger partial charge >= 0.3 is 0 Å². The largest absolute Gasteiger partial charge is 0.296 e. The topological polar surface area (TPSA) is 35.8 Å². The summed E-state index contributed by atoms with van der Waals surface area (Å²) in [5, 5.41) is 12.1. The van der Waals surface area contributed by atoms with Crippen molar-refractivity contribution in [2.45, 2.75) is 32.7 Å². The third-order valence-corrected chi connectivity index (χ3v) is 2.44. The number of rotatable bonds is 5. The molecule has 1 N–H and O–H groups in total. The molecule has 0 amide bonds. The van der Waals surface area contributed by atoms with Crippen LogP contribution in [0.3, 0.4) is 0 Å². The maximum atomic E-state index is 8.97. The van der Waals surface area contributed by atoms with E-state index in [2.05, 4.69) is 31.8 Å². The van der Waals surface area contributed by atoms with E-state index in [1.807, 2.05) is 6.92 Å². The molecule has 0 radical (unpaired) electrons. The second kappa shape index (κ2) is 4.95. The van der Waals surface area contributed by atoms with Crippen molar-refractivity contribution in [3.63, 3.8) is 0 Å². The zero-order chi connectivity index (χ0) is 9.61. The Morgan fingerprint density at radius 3 is 2.67 bits per heavy atom. The Hall–Kier alpha value is -0.810. The quantitative estimate of drug-likeness (QED) is 0.635. The van der Waals surface area contributed by atoms with Gasteiger partial charge < -0.3 is 0 Å². The van der Waals surface area contributed by atoms with Crippen LogP contribution in [-0.4, -0.2) is 12.1 Å². The highest BCUT2D eigenvalue weighted by atomic mass is 15.0. The lowest BCUT2D eigenvalue weighted by Gasteiger charge is -2.28. The van der Waals surface area contributed by atoms with Gasteiger partial charge in [-0.1, -0.05) is 26.3 Å². The number of nitrogens with zero attached hydrogens (tertiary/aromatic N) is 1. The van der Waals surface area contributed by atoms with Crippen LogP contribution in [-0.2, 0) is 0 Å². The van der Waals surface area contributed by atoms with Gasteiger partial charge in [0.25, 0.3) is 0 Å². The molecule has 0 aliphatic heterocycles. The summed E-state index contributed by atoms with van der Waals surface area (Å²) >= 11 is 0. The van der Waals surface area contributed by atoms with Crippen molar-refractivity contribution in [1.29, 1.82) is 5.26 Å². The Morgan fingerprint density at radius 1 is 1.75 bits per heavy atom. The predicted octanol–water partition coefficient (Wildman–Crippen LogP) is 2.09. The van der Waals surface area contributed by atoms with Crippen molar-refractivity contribution in [2.75, 3.05) is 6.54 Å². The molecular weight excluding hydrogens is 148 g/mol. The molecular formula is C10H18N2. The molecule has 2 atom stereocenters. The van der Waals surface area contributed by atoms with Crippen LogP contribution in [0.2, 0.25) is 0 Å². The average Bonchev–Trinajstić information content (AvgIpc) is 2.12. The molecule has 0 bridgehead atoms. The Kier molecular flexibility index (Phi) is 4.61. The lowest BCUT2D eigenvalue weighted by Crippen LogP contribution is -2.46. The van der Waals surface area contributed by atoms with E-state index in [0.29, 0.717) is 12.5 Å². The van der Waals surface area contributed by atoms with E-state index in [0.717, 1.165) is 6.42 Å². The highest BCUT2D eigenvalue weighted by Crippen LogP contribution is 2.18. The molecule has 0 aromatic carbocycles. The van der Waals surface area contributed by atoms with Gasteiger partial charge in [0.15, 0.2) is 0 Å². The van der Waals surface area contributed by atoms with Crippen LogP contribution in [0.25, 0.3) is 0 Å². The summed E-state index contributed by atoms with van der Waals surface area (Å²) in [5.74, 6) is 0.363. The van der Waals surface area contributed by atoms with Crippen molar-refractivity contribution in [2.24, 2.45) is 5.92 Å². The lowest BCUT2D eigenvalue weighted by atomic mass is 9.86. The van der Waals surface area contributed by atoms with Gasteiger partial charge in [0, 0.05) is 6.54 Å². The number of hydrogen-bond donors (Lipinski definition) is 1. The molecule has 0 aliphatic carbocycles. The molecule has 12 heavy (non-hydrogen) atoms. The number of nitriles is 1. The van der Waals surface area contributed by atoms with E-state index in [1.165, 1.54) is 0 Å². The summed E-state index contributed by atoms with van der Waals surface area (Å²) in [6, 6.07) is 2.31. The van der Waals surface area contributed by atoms with Crippen molar-refractivity contribution in [3.05, 3.63) is 12.7 Å². The zero-order valence-electron chi connectivity index (χ0n) is 8.22. The Bertz CT molecular complexity index is 181. The smallest absolute Gasteiger partial charge is 0.106 e. The van der Waals surface area contributed by atoms with E-state index in [4.69, 9.17) is 5.26 Å². The minimum Gasteiger partial charge on any atom is -0.296 e. The molecule has 0 heterocycles. The molecule has 2 heteroatoms. The molecule has 0 spiro atoms. The van der Waals surface area contributed by atoms with E-state index in [9.17, 15) is 0 Å². The Balaban J connectivity index is 4.25. The fourth-order valence-corrected chi connectivity index (χ4v) is 1.02. The summed E-state index contributed by atoms with van der Waals surface area (Å²) < 4.78 is 0. The molecule has 68 valence electrons. The van der Waals surface area contributed by atoms with E-state index in [-0.39, 0.29) is 0 Å². The fraction of sp³-hybridized carbons (Fsp3) is 0.700. The van der Waals surface area contributed by atoms with Gasteiger partial charge in [-0.2, -0.15) is 5.26 Å². The standard InChI is InChI=1S/C10H18N2/c1-5-7-12-10(4,8-11)9(3)6-2/h5,9,12H,1,6-7H2,2-4H3. The minimum absolute atomic E-state index is 0.363.